The zero-order valence-corrected chi connectivity index (χ0v) is 25.3. The minimum Gasteiger partial charge on any atom is -0.486 e. The molecule has 2 aliphatic rings. The van der Waals surface area contributed by atoms with Gasteiger partial charge >= 0.3 is 0 Å². The van der Waals surface area contributed by atoms with Crippen LogP contribution in [0.25, 0.3) is 0 Å². The number of benzene rings is 3. The summed E-state index contributed by atoms with van der Waals surface area (Å²) in [5.74, 6) is 0.211. The molecule has 1 heterocycles. The molecule has 0 spiro atoms. The van der Waals surface area contributed by atoms with E-state index in [0.717, 1.165) is 42.0 Å². The van der Waals surface area contributed by atoms with Crippen molar-refractivity contribution in [1.29, 1.82) is 0 Å². The van der Waals surface area contributed by atoms with E-state index in [2.05, 4.69) is 5.32 Å². The SMILES string of the molecule is C[C@H](C(=O)NC1CCCCC1)N(CCc1ccccc1)C(=O)CN(c1ccc2c(c1)OCCO2)S(=O)(=O)c1ccccc1. The van der Waals surface area contributed by atoms with Crippen molar-refractivity contribution in [3.05, 3.63) is 84.4 Å². The summed E-state index contributed by atoms with van der Waals surface area (Å²) < 4.78 is 40.5. The molecule has 0 aromatic heterocycles. The number of carbonyl (C=O) groups excluding carboxylic acids is 2. The van der Waals surface area contributed by atoms with Crippen molar-refractivity contribution >= 4 is 27.5 Å². The van der Waals surface area contributed by atoms with Gasteiger partial charge in [0, 0.05) is 18.7 Å². The molecule has 1 aliphatic carbocycles. The van der Waals surface area contributed by atoms with Crippen molar-refractivity contribution in [1.82, 2.24) is 10.2 Å². The topological polar surface area (TPSA) is 105 Å². The van der Waals surface area contributed by atoms with Crippen LogP contribution in [0.1, 0.15) is 44.6 Å². The van der Waals surface area contributed by atoms with Crippen molar-refractivity contribution in [2.45, 2.75) is 62.4 Å². The molecule has 228 valence electrons. The molecule has 0 bridgehead atoms. The second kappa shape index (κ2) is 13.9. The van der Waals surface area contributed by atoms with Crippen LogP contribution in [0.5, 0.6) is 11.5 Å². The first kappa shape index (κ1) is 30.4. The minimum absolute atomic E-state index is 0.0524. The lowest BCUT2D eigenvalue weighted by Gasteiger charge is -2.33. The van der Waals surface area contributed by atoms with E-state index < -0.39 is 28.5 Å². The monoisotopic (exact) mass is 605 g/mol. The largest absolute Gasteiger partial charge is 0.486 e. The number of fused-ring (bicyclic) bond motifs is 1. The van der Waals surface area contributed by atoms with Crippen LogP contribution in [-0.2, 0) is 26.0 Å². The summed E-state index contributed by atoms with van der Waals surface area (Å²) >= 11 is 0. The second-order valence-corrected chi connectivity index (χ2v) is 12.9. The Kier molecular flexibility index (Phi) is 9.86. The molecule has 3 aromatic carbocycles. The van der Waals surface area contributed by atoms with Crippen LogP contribution in [0.2, 0.25) is 0 Å². The summed E-state index contributed by atoms with van der Waals surface area (Å²) in [6.07, 6.45) is 5.65. The van der Waals surface area contributed by atoms with Gasteiger partial charge in [-0.05, 0) is 56.0 Å². The number of nitrogens with one attached hydrogen (secondary N) is 1. The molecule has 1 atom stereocenters. The lowest BCUT2D eigenvalue weighted by Crippen LogP contribution is -2.53. The van der Waals surface area contributed by atoms with E-state index in [1.165, 1.54) is 17.0 Å². The standard InChI is InChI=1S/C33H39N3O6S/c1-25(33(38)34-27-13-7-3-8-14-27)35(20-19-26-11-5-2-6-12-26)32(37)24-36(43(39,40)29-15-9-4-10-16-29)28-17-18-30-31(23-28)42-22-21-41-30/h2,4-6,9-12,15-18,23,25,27H,3,7-8,13-14,19-22,24H2,1H3,(H,34,38)/t25-/m1/s1. The number of anilines is 1. The Balaban J connectivity index is 1.45. The average molecular weight is 606 g/mol. The van der Waals surface area contributed by atoms with E-state index in [1.54, 1.807) is 43.3 Å². The number of sulfonamides is 1. The molecule has 0 unspecified atom stereocenters. The van der Waals surface area contributed by atoms with Gasteiger partial charge in [0.05, 0.1) is 10.6 Å². The van der Waals surface area contributed by atoms with Gasteiger partial charge in [-0.25, -0.2) is 8.42 Å². The fourth-order valence-electron chi connectivity index (χ4n) is 5.57. The molecule has 1 N–H and O–H groups in total. The fourth-order valence-corrected chi connectivity index (χ4v) is 7.00. The lowest BCUT2D eigenvalue weighted by molar-refractivity contribution is -0.139. The molecule has 0 saturated heterocycles. The van der Waals surface area contributed by atoms with E-state index in [9.17, 15) is 18.0 Å². The number of ether oxygens (including phenoxy) is 2. The summed E-state index contributed by atoms with van der Waals surface area (Å²) in [4.78, 5) is 29.1. The summed E-state index contributed by atoms with van der Waals surface area (Å²) in [5.41, 5.74) is 1.28. The highest BCUT2D eigenvalue weighted by Gasteiger charge is 2.33. The van der Waals surface area contributed by atoms with Gasteiger partial charge in [0.25, 0.3) is 10.0 Å². The number of amides is 2. The van der Waals surface area contributed by atoms with Crippen molar-refractivity contribution in [3.8, 4) is 11.5 Å². The zero-order valence-electron chi connectivity index (χ0n) is 24.5. The van der Waals surface area contributed by atoms with Gasteiger partial charge in [-0.2, -0.15) is 0 Å². The van der Waals surface area contributed by atoms with E-state index >= 15 is 0 Å². The lowest BCUT2D eigenvalue weighted by atomic mass is 9.95. The molecular weight excluding hydrogens is 566 g/mol. The van der Waals surface area contributed by atoms with Crippen LogP contribution in [0.4, 0.5) is 5.69 Å². The zero-order chi connectivity index (χ0) is 30.2. The van der Waals surface area contributed by atoms with E-state index in [1.807, 2.05) is 30.3 Å². The van der Waals surface area contributed by atoms with Crippen molar-refractivity contribution in [2.75, 3.05) is 30.6 Å². The minimum atomic E-state index is -4.16. The van der Waals surface area contributed by atoms with Gasteiger partial charge in [0.2, 0.25) is 11.8 Å². The van der Waals surface area contributed by atoms with Crippen LogP contribution in [-0.4, -0.2) is 63.5 Å². The first-order valence-corrected chi connectivity index (χ1v) is 16.4. The predicted molar refractivity (Wildman–Crippen MR) is 165 cm³/mol. The van der Waals surface area contributed by atoms with E-state index in [0.29, 0.717) is 31.1 Å². The third kappa shape index (κ3) is 7.48. The molecular formula is C33H39N3O6S. The molecule has 3 aromatic rings. The molecule has 1 fully saturated rings. The Morgan fingerprint density at radius 3 is 2.23 bits per heavy atom. The maximum atomic E-state index is 14.1. The van der Waals surface area contributed by atoms with Crippen molar-refractivity contribution in [2.24, 2.45) is 0 Å². The van der Waals surface area contributed by atoms with Crippen LogP contribution in [0.15, 0.2) is 83.8 Å². The number of hydrogen-bond donors (Lipinski definition) is 1. The molecule has 2 amide bonds. The Morgan fingerprint density at radius 2 is 1.53 bits per heavy atom. The molecule has 5 rings (SSSR count). The Bertz CT molecular complexity index is 1490. The normalized spacial score (nSPS) is 15.7. The average Bonchev–Trinajstić information content (AvgIpc) is 3.04. The molecule has 0 radical (unpaired) electrons. The summed E-state index contributed by atoms with van der Waals surface area (Å²) in [6, 6.07) is 21.9. The Hall–Kier alpha value is -4.05. The van der Waals surface area contributed by atoms with Crippen molar-refractivity contribution in [3.63, 3.8) is 0 Å². The van der Waals surface area contributed by atoms with Gasteiger partial charge in [-0.15, -0.1) is 0 Å². The van der Waals surface area contributed by atoms with Crippen LogP contribution in [0.3, 0.4) is 0 Å². The fraction of sp³-hybridized carbons (Fsp3) is 0.394. The maximum absolute atomic E-state index is 14.1. The molecule has 1 saturated carbocycles. The third-order valence-electron chi connectivity index (χ3n) is 8.03. The number of nitrogens with zero attached hydrogens (tertiary/aromatic N) is 2. The summed E-state index contributed by atoms with van der Waals surface area (Å²) in [5, 5.41) is 3.13. The van der Waals surface area contributed by atoms with Crippen LogP contribution >= 0.6 is 0 Å². The molecule has 9 nitrogen and oxygen atoms in total. The Labute approximate surface area is 253 Å². The van der Waals surface area contributed by atoms with E-state index in [4.69, 9.17) is 9.47 Å². The van der Waals surface area contributed by atoms with E-state index in [-0.39, 0.29) is 29.1 Å². The quantitative estimate of drug-likeness (QED) is 0.344. The molecule has 43 heavy (non-hydrogen) atoms. The van der Waals surface area contributed by atoms with Gasteiger partial charge in [-0.1, -0.05) is 67.8 Å². The number of rotatable bonds is 11. The van der Waals surface area contributed by atoms with Crippen molar-refractivity contribution < 1.29 is 27.5 Å². The highest BCUT2D eigenvalue weighted by molar-refractivity contribution is 7.92. The first-order chi connectivity index (χ1) is 20.8. The Morgan fingerprint density at radius 1 is 0.884 bits per heavy atom. The summed E-state index contributed by atoms with van der Waals surface area (Å²) in [7, 11) is -4.16. The molecule has 10 heteroatoms. The molecule has 1 aliphatic heterocycles. The smallest absolute Gasteiger partial charge is 0.264 e. The van der Waals surface area contributed by atoms with Gasteiger partial charge in [-0.3, -0.25) is 13.9 Å². The van der Waals surface area contributed by atoms with Gasteiger partial charge < -0.3 is 19.7 Å². The first-order valence-electron chi connectivity index (χ1n) is 14.9. The highest BCUT2D eigenvalue weighted by Crippen LogP contribution is 2.36. The van der Waals surface area contributed by atoms with Gasteiger partial charge in [0.1, 0.15) is 25.8 Å². The highest BCUT2D eigenvalue weighted by atomic mass is 32.2. The summed E-state index contributed by atoms with van der Waals surface area (Å²) in [6.45, 7) is 2.20. The number of carbonyl (C=O) groups is 2. The van der Waals surface area contributed by atoms with Crippen LogP contribution in [0, 0.1) is 0 Å². The van der Waals surface area contributed by atoms with Crippen LogP contribution < -0.4 is 19.1 Å². The third-order valence-corrected chi connectivity index (χ3v) is 9.81. The maximum Gasteiger partial charge on any atom is 0.264 e. The second-order valence-electron chi connectivity index (χ2n) is 11.0. The number of hydrogen-bond acceptors (Lipinski definition) is 6. The van der Waals surface area contributed by atoms with Gasteiger partial charge in [0.15, 0.2) is 11.5 Å². The predicted octanol–water partition coefficient (Wildman–Crippen LogP) is 4.56.